The molecule has 0 bridgehead atoms. The van der Waals surface area contributed by atoms with E-state index in [0.29, 0.717) is 78.6 Å². The molecule has 0 fully saturated rings. The minimum absolute atomic E-state index is 0.276. The van der Waals surface area contributed by atoms with E-state index in [0.717, 1.165) is 39.2 Å². The Hall–Kier alpha value is -9.43. The molecule has 7 aromatic carbocycles. The van der Waals surface area contributed by atoms with E-state index in [1.807, 2.05) is 122 Å². The molecule has 0 spiro atoms. The third-order valence-corrected chi connectivity index (χ3v) is 12.4. The second-order valence-corrected chi connectivity index (χ2v) is 18.1. The topological polar surface area (TPSA) is 262 Å². The first kappa shape index (κ1) is 49.0. The van der Waals surface area contributed by atoms with Gasteiger partial charge in [-0.05, 0) is 122 Å². The lowest BCUT2D eigenvalue weighted by Crippen LogP contribution is -2.02. The zero-order valence-electron chi connectivity index (χ0n) is 37.7. The summed E-state index contributed by atoms with van der Waals surface area (Å²) in [5.41, 5.74) is 11.7. The molecule has 354 valence electrons. The van der Waals surface area contributed by atoms with Gasteiger partial charge in [0, 0.05) is 33.8 Å². The molecule has 0 aliphatic rings. The Morgan fingerprint density at radius 1 is 0.514 bits per heavy atom. The predicted octanol–water partition coefficient (Wildman–Crippen LogP) is 9.16. The third-order valence-electron chi connectivity index (χ3n) is 11.5. The highest BCUT2D eigenvalue weighted by atomic mass is 32.2. The fourth-order valence-corrected chi connectivity index (χ4v) is 8.92. The molecule has 21 heteroatoms. The molecule has 18 nitrogen and oxygen atoms in total. The molecule has 0 saturated carbocycles. The summed E-state index contributed by atoms with van der Waals surface area (Å²) < 4.78 is 91.4. The largest absolute Gasteiger partial charge is 0.425 e. The molecular formula is C51H33N9O9S3. The number of nitrogens with zero attached hydrogens (tertiary/aromatic N) is 9. The lowest BCUT2D eigenvalue weighted by Gasteiger charge is -2.13. The number of hydrogen-bond donors (Lipinski definition) is 1. The van der Waals surface area contributed by atoms with E-state index in [1.54, 1.807) is 30.3 Å². The van der Waals surface area contributed by atoms with Crippen molar-refractivity contribution >= 4 is 70.1 Å². The fraction of sp³-hybridized carbons (Fsp3) is 0.0588. The Morgan fingerprint density at radius 2 is 0.847 bits per heavy atom. The molecule has 3 aromatic heterocycles. The Balaban J connectivity index is 0.000000809. The highest BCUT2D eigenvalue weighted by Crippen LogP contribution is 2.45. The van der Waals surface area contributed by atoms with Crippen LogP contribution in [0.25, 0.3) is 89.2 Å². The molecule has 0 radical (unpaired) electrons. The molecule has 0 aliphatic carbocycles. The summed E-state index contributed by atoms with van der Waals surface area (Å²) in [6.45, 7) is 13.4. The number of aromatic nitrogens is 6. The van der Waals surface area contributed by atoms with Crippen molar-refractivity contribution in [2.24, 2.45) is 0 Å². The van der Waals surface area contributed by atoms with E-state index >= 15 is 0 Å². The van der Waals surface area contributed by atoms with Crippen LogP contribution in [0.4, 0.5) is 5.69 Å². The van der Waals surface area contributed by atoms with Gasteiger partial charge in [0.2, 0.25) is 0 Å². The molecule has 10 aromatic rings. The number of rotatable bonds is 7. The summed E-state index contributed by atoms with van der Waals surface area (Å²) in [5.74, 6) is 1.63. The molecule has 3 heterocycles. The van der Waals surface area contributed by atoms with E-state index < -0.39 is 31.3 Å². The minimum Gasteiger partial charge on any atom is -0.290 e. The van der Waals surface area contributed by atoms with Crippen molar-refractivity contribution in [3.8, 4) is 63.4 Å². The highest BCUT2D eigenvalue weighted by molar-refractivity contribution is 7.85. The normalized spacial score (nSPS) is 10.9. The van der Waals surface area contributed by atoms with Crippen LogP contribution in [0, 0.1) is 50.0 Å². The molecule has 0 saturated heterocycles. The molecular weight excluding hydrogens is 979 g/mol. The quantitative estimate of drug-likeness (QED) is 0.115. The predicted molar refractivity (Wildman–Crippen MR) is 266 cm³/mol. The number of nitriles is 2. The van der Waals surface area contributed by atoms with Crippen LogP contribution in [-0.2, 0) is 31.3 Å². The van der Waals surface area contributed by atoms with Crippen LogP contribution in [0.3, 0.4) is 0 Å². The van der Waals surface area contributed by atoms with Crippen LogP contribution >= 0.6 is 0 Å². The van der Waals surface area contributed by atoms with E-state index in [2.05, 4.69) is 26.1 Å². The molecule has 0 aliphatic heterocycles. The Bertz CT molecular complexity index is 4220. The standard InChI is InChI=1S/C51H33N9O3S.2O3S/c1-30-25-33(15-17-36(30)28-52)49-55-44-46(58(49)38-11-7-5-8-12-38)43-47(59(39-13-9-6-10-14-39)51(57-43)35-19-24-42(54-4)32(3)27-35)45-48(44)60(40-20-22-41(23-21-40)64(61,62)63)50(56-45)34-16-18-37(29-53)31(2)26-34;2*1-4(2)3/h5-27H,1-3H3,(H,61,62,63);;. The number of aryl methyl sites for hydroxylation is 3. The zero-order chi connectivity index (χ0) is 51.6. The zero-order valence-corrected chi connectivity index (χ0v) is 40.2. The highest BCUT2D eigenvalue weighted by Gasteiger charge is 2.31. The maximum absolute atomic E-state index is 12.3. The van der Waals surface area contributed by atoms with Crippen LogP contribution < -0.4 is 0 Å². The van der Waals surface area contributed by atoms with Gasteiger partial charge in [-0.15, -0.1) is 25.3 Å². The van der Waals surface area contributed by atoms with Gasteiger partial charge in [0.25, 0.3) is 10.1 Å². The summed E-state index contributed by atoms with van der Waals surface area (Å²) in [4.78, 5) is 20.0. The number of benzene rings is 7. The molecule has 0 amide bonds. The smallest absolute Gasteiger partial charge is 0.290 e. The summed E-state index contributed by atoms with van der Waals surface area (Å²) in [6.07, 6.45) is 0. The van der Waals surface area contributed by atoms with Gasteiger partial charge >= 0.3 is 21.2 Å². The average molecular weight is 1010 g/mol. The van der Waals surface area contributed by atoms with Crippen molar-refractivity contribution in [1.82, 2.24) is 28.7 Å². The molecule has 0 atom stereocenters. The lowest BCUT2D eigenvalue weighted by molar-refractivity contribution is 0.483. The van der Waals surface area contributed by atoms with Crippen LogP contribution in [0.15, 0.2) is 144 Å². The second kappa shape index (κ2) is 19.9. The van der Waals surface area contributed by atoms with E-state index in [-0.39, 0.29) is 4.90 Å². The fourth-order valence-electron chi connectivity index (χ4n) is 8.44. The monoisotopic (exact) mass is 1010 g/mol. The van der Waals surface area contributed by atoms with Crippen molar-refractivity contribution < 1.29 is 38.2 Å². The summed E-state index contributed by atoms with van der Waals surface area (Å²) in [5, 5.41) is 19.8. The molecule has 1 N–H and O–H groups in total. The van der Waals surface area contributed by atoms with Crippen LogP contribution in [-0.4, -0.2) is 66.9 Å². The maximum atomic E-state index is 12.3. The molecule has 72 heavy (non-hydrogen) atoms. The van der Waals surface area contributed by atoms with Gasteiger partial charge in [-0.2, -0.15) is 18.9 Å². The van der Waals surface area contributed by atoms with Crippen LogP contribution in [0.1, 0.15) is 27.8 Å². The molecule has 10 rings (SSSR count). The van der Waals surface area contributed by atoms with Crippen molar-refractivity contribution in [1.29, 1.82) is 10.5 Å². The van der Waals surface area contributed by atoms with Crippen molar-refractivity contribution in [3.05, 3.63) is 179 Å². The van der Waals surface area contributed by atoms with E-state index in [1.165, 1.54) is 12.1 Å². The number of fused-ring (bicyclic) bond motifs is 6. The lowest BCUT2D eigenvalue weighted by atomic mass is 10.1. The third kappa shape index (κ3) is 9.36. The number of imidazole rings is 3. The maximum Gasteiger partial charge on any atom is 0.425 e. The number of hydrogen-bond acceptors (Lipinski definition) is 13. The summed E-state index contributed by atoms with van der Waals surface area (Å²) in [6, 6.07) is 46.9. The SMILES string of the molecule is O=S(=O)=O.O=S(=O)=O.[C-]#[N+]c1ccc(-c2nc3c4c(nc(-c5ccc(C#N)c(C)c5)n4-c4ccccc4)c4c(nc(-c5ccc(C#N)c(C)c5)n4-c4ccc(S(=O)(=O)O)cc4)c3n2-c2ccccc2)cc1C. The second-order valence-electron chi connectivity index (χ2n) is 15.8. The van der Waals surface area contributed by atoms with Gasteiger partial charge in [-0.3, -0.25) is 18.3 Å². The first-order valence-electron chi connectivity index (χ1n) is 21.1. The Morgan fingerprint density at radius 3 is 1.15 bits per heavy atom. The van der Waals surface area contributed by atoms with Crippen LogP contribution in [0.5, 0.6) is 0 Å². The Kier molecular flexibility index (Phi) is 13.5. The first-order valence-corrected chi connectivity index (χ1v) is 24.5. The van der Waals surface area contributed by atoms with E-state index in [9.17, 15) is 23.5 Å². The average Bonchev–Trinajstić information content (AvgIpc) is 4.07. The Labute approximate surface area is 413 Å². The van der Waals surface area contributed by atoms with Gasteiger partial charge in [0.15, 0.2) is 5.69 Å². The molecule has 0 unspecified atom stereocenters. The van der Waals surface area contributed by atoms with Crippen molar-refractivity contribution in [2.45, 2.75) is 25.7 Å². The number of para-hydroxylation sites is 2. The van der Waals surface area contributed by atoms with Gasteiger partial charge in [-0.1, -0.05) is 54.6 Å². The van der Waals surface area contributed by atoms with Gasteiger partial charge in [-0.25, -0.2) is 19.8 Å². The van der Waals surface area contributed by atoms with Gasteiger partial charge < -0.3 is 0 Å². The summed E-state index contributed by atoms with van der Waals surface area (Å²) >= 11 is 0. The van der Waals surface area contributed by atoms with Gasteiger partial charge in [0.1, 0.15) is 50.6 Å². The van der Waals surface area contributed by atoms with E-state index in [4.69, 9.17) is 46.8 Å². The minimum atomic E-state index is -4.53. The summed E-state index contributed by atoms with van der Waals surface area (Å²) in [7, 11) is -10.8. The van der Waals surface area contributed by atoms with Crippen molar-refractivity contribution in [2.75, 3.05) is 0 Å². The first-order chi connectivity index (χ1) is 34.4. The van der Waals surface area contributed by atoms with Crippen molar-refractivity contribution in [3.63, 3.8) is 0 Å². The van der Waals surface area contributed by atoms with Gasteiger partial charge in [0.05, 0.1) is 34.7 Å². The van der Waals surface area contributed by atoms with Crippen LogP contribution in [0.2, 0.25) is 0 Å².